The van der Waals surface area contributed by atoms with Gasteiger partial charge in [0, 0.05) is 12.8 Å². The van der Waals surface area contributed by atoms with Gasteiger partial charge in [0.15, 0.2) is 0 Å². The molecule has 5 amide bonds. The first-order valence-electron chi connectivity index (χ1n) is 8.97. The average molecular weight is 446 g/mol. The highest BCUT2D eigenvalue weighted by Gasteiger charge is 2.27. The number of hydrogen-bond donors (Lipinski definition) is 8. The Hall–Kier alpha value is -3.75. The molecule has 0 aromatic rings. The number of rotatable bonds is 15. The van der Waals surface area contributed by atoms with Crippen molar-refractivity contribution in [3.05, 3.63) is 0 Å². The normalized spacial score (nSPS) is 13.2. The SMILES string of the molecule is NC(=O)CCC(N)C(=O)NC(CC(N)=O)C(=O)NCC(=O)NC(CCC(=O)O)C(=O)O. The molecule has 0 bridgehead atoms. The first-order chi connectivity index (χ1) is 14.3. The van der Waals surface area contributed by atoms with Gasteiger partial charge in [0.2, 0.25) is 29.5 Å². The molecule has 0 aliphatic carbocycles. The summed E-state index contributed by atoms with van der Waals surface area (Å²) in [7, 11) is 0. The molecule has 3 atom stereocenters. The molecule has 0 aliphatic rings. The van der Waals surface area contributed by atoms with Crippen LogP contribution in [0.25, 0.3) is 0 Å². The highest BCUT2D eigenvalue weighted by atomic mass is 16.4. The van der Waals surface area contributed by atoms with Crippen LogP contribution in [0, 0.1) is 0 Å². The molecule has 0 fully saturated rings. The van der Waals surface area contributed by atoms with E-state index in [0.717, 1.165) is 0 Å². The number of carboxylic acids is 2. The minimum Gasteiger partial charge on any atom is -0.481 e. The molecule has 15 nitrogen and oxygen atoms in total. The van der Waals surface area contributed by atoms with Gasteiger partial charge in [-0.25, -0.2) is 4.79 Å². The van der Waals surface area contributed by atoms with Gasteiger partial charge in [-0.05, 0) is 12.8 Å². The van der Waals surface area contributed by atoms with Crippen LogP contribution < -0.4 is 33.2 Å². The van der Waals surface area contributed by atoms with Gasteiger partial charge >= 0.3 is 11.9 Å². The van der Waals surface area contributed by atoms with E-state index < -0.39 is 79.0 Å². The largest absolute Gasteiger partial charge is 0.481 e. The summed E-state index contributed by atoms with van der Waals surface area (Å²) in [5.41, 5.74) is 15.6. The Morgan fingerprint density at radius 1 is 0.774 bits per heavy atom. The second-order valence-corrected chi connectivity index (χ2v) is 6.45. The van der Waals surface area contributed by atoms with E-state index in [1.807, 2.05) is 5.32 Å². The third-order valence-electron chi connectivity index (χ3n) is 3.78. The number of primary amides is 2. The molecule has 31 heavy (non-hydrogen) atoms. The Morgan fingerprint density at radius 3 is 1.87 bits per heavy atom. The third-order valence-corrected chi connectivity index (χ3v) is 3.78. The molecule has 174 valence electrons. The molecular weight excluding hydrogens is 420 g/mol. The van der Waals surface area contributed by atoms with Gasteiger partial charge < -0.3 is 43.4 Å². The maximum absolute atomic E-state index is 12.2. The molecule has 0 rings (SSSR count). The Labute approximate surface area is 176 Å². The van der Waals surface area contributed by atoms with Gasteiger partial charge in [-0.2, -0.15) is 0 Å². The zero-order chi connectivity index (χ0) is 24.1. The molecule has 0 aromatic heterocycles. The summed E-state index contributed by atoms with van der Waals surface area (Å²) in [5.74, 6) is -7.17. The van der Waals surface area contributed by atoms with E-state index in [1.54, 1.807) is 0 Å². The van der Waals surface area contributed by atoms with Gasteiger partial charge in [-0.1, -0.05) is 0 Å². The van der Waals surface area contributed by atoms with Crippen molar-refractivity contribution in [3.63, 3.8) is 0 Å². The number of carboxylic acid groups (broad SMARTS) is 2. The molecule has 0 saturated heterocycles. The number of nitrogens with two attached hydrogens (primary N) is 3. The smallest absolute Gasteiger partial charge is 0.326 e. The number of carbonyl (C=O) groups is 7. The molecule has 0 aliphatic heterocycles. The van der Waals surface area contributed by atoms with E-state index in [2.05, 4.69) is 10.6 Å². The predicted octanol–water partition coefficient (Wildman–Crippen LogP) is -4.51. The second-order valence-electron chi connectivity index (χ2n) is 6.45. The van der Waals surface area contributed by atoms with Crippen molar-refractivity contribution < 1.29 is 43.8 Å². The van der Waals surface area contributed by atoms with Crippen LogP contribution in [-0.4, -0.2) is 76.4 Å². The summed E-state index contributed by atoms with van der Waals surface area (Å²) in [4.78, 5) is 79.6. The topological polar surface area (TPSA) is 274 Å². The molecule has 0 heterocycles. The van der Waals surface area contributed by atoms with E-state index in [1.165, 1.54) is 0 Å². The highest BCUT2D eigenvalue weighted by Crippen LogP contribution is 1.99. The number of hydrogen-bond acceptors (Lipinski definition) is 8. The van der Waals surface area contributed by atoms with Crippen molar-refractivity contribution in [2.45, 2.75) is 50.2 Å². The first-order valence-corrected chi connectivity index (χ1v) is 8.97. The summed E-state index contributed by atoms with van der Waals surface area (Å²) in [6.07, 6.45) is -1.81. The molecule has 0 radical (unpaired) electrons. The summed E-state index contributed by atoms with van der Waals surface area (Å²) in [6.45, 7) is -0.728. The Morgan fingerprint density at radius 2 is 1.39 bits per heavy atom. The standard InChI is InChI=1S/C16H26N6O9/c17-7(1-3-10(18)23)14(28)22-9(5-11(19)24)15(29)20-6-12(25)21-8(16(30)31)2-4-13(26)27/h7-9H,1-6,17H2,(H2,18,23)(H2,19,24)(H,20,29)(H,21,25)(H,22,28)(H,26,27)(H,30,31). The molecular formula is C16H26N6O9. The van der Waals surface area contributed by atoms with E-state index >= 15 is 0 Å². The number of aliphatic carboxylic acids is 2. The number of nitrogens with one attached hydrogen (secondary N) is 3. The minimum absolute atomic E-state index is 0.110. The molecule has 3 unspecified atom stereocenters. The quantitative estimate of drug-likeness (QED) is 0.119. The molecule has 15 heteroatoms. The monoisotopic (exact) mass is 446 g/mol. The van der Waals surface area contributed by atoms with E-state index in [4.69, 9.17) is 27.4 Å². The van der Waals surface area contributed by atoms with E-state index in [-0.39, 0.29) is 19.3 Å². The lowest BCUT2D eigenvalue weighted by Gasteiger charge is -2.20. The fraction of sp³-hybridized carbons (Fsp3) is 0.562. The predicted molar refractivity (Wildman–Crippen MR) is 102 cm³/mol. The lowest BCUT2D eigenvalue weighted by molar-refractivity contribution is -0.143. The van der Waals surface area contributed by atoms with E-state index in [9.17, 15) is 33.6 Å². The lowest BCUT2D eigenvalue weighted by atomic mass is 10.1. The van der Waals surface area contributed by atoms with Gasteiger partial charge in [0.25, 0.3) is 0 Å². The fourth-order valence-corrected chi connectivity index (χ4v) is 2.18. The minimum atomic E-state index is -1.50. The lowest BCUT2D eigenvalue weighted by Crippen LogP contribution is -2.54. The fourth-order valence-electron chi connectivity index (χ4n) is 2.18. The summed E-state index contributed by atoms with van der Waals surface area (Å²) < 4.78 is 0. The Balaban J connectivity index is 4.85. The summed E-state index contributed by atoms with van der Waals surface area (Å²) in [6, 6.07) is -4.19. The van der Waals surface area contributed by atoms with Gasteiger partial charge in [0.1, 0.15) is 12.1 Å². The van der Waals surface area contributed by atoms with Gasteiger partial charge in [-0.3, -0.25) is 28.8 Å². The molecule has 0 saturated carbocycles. The van der Waals surface area contributed by atoms with Crippen LogP contribution in [0.5, 0.6) is 0 Å². The highest BCUT2D eigenvalue weighted by molar-refractivity contribution is 5.95. The van der Waals surface area contributed by atoms with Crippen LogP contribution in [0.4, 0.5) is 0 Å². The zero-order valence-electron chi connectivity index (χ0n) is 16.5. The van der Waals surface area contributed by atoms with Crippen molar-refractivity contribution >= 4 is 41.5 Å². The van der Waals surface area contributed by atoms with Crippen molar-refractivity contribution in [2.75, 3.05) is 6.54 Å². The van der Waals surface area contributed by atoms with Crippen LogP contribution in [-0.2, 0) is 33.6 Å². The van der Waals surface area contributed by atoms with Crippen molar-refractivity contribution in [1.82, 2.24) is 16.0 Å². The second kappa shape index (κ2) is 13.5. The molecule has 0 aromatic carbocycles. The molecule has 0 spiro atoms. The Bertz CT molecular complexity index is 726. The van der Waals surface area contributed by atoms with Crippen molar-refractivity contribution in [2.24, 2.45) is 17.2 Å². The van der Waals surface area contributed by atoms with Crippen molar-refractivity contribution in [1.29, 1.82) is 0 Å². The average Bonchev–Trinajstić information content (AvgIpc) is 2.65. The maximum Gasteiger partial charge on any atom is 0.326 e. The maximum atomic E-state index is 12.2. The van der Waals surface area contributed by atoms with Crippen LogP contribution in [0.15, 0.2) is 0 Å². The van der Waals surface area contributed by atoms with Crippen molar-refractivity contribution in [3.8, 4) is 0 Å². The van der Waals surface area contributed by atoms with Crippen LogP contribution >= 0.6 is 0 Å². The molecule has 11 N–H and O–H groups in total. The summed E-state index contributed by atoms with van der Waals surface area (Å²) >= 11 is 0. The van der Waals surface area contributed by atoms with Crippen LogP contribution in [0.3, 0.4) is 0 Å². The number of carbonyl (C=O) groups excluding carboxylic acids is 5. The third kappa shape index (κ3) is 12.4. The van der Waals surface area contributed by atoms with Gasteiger partial charge in [-0.15, -0.1) is 0 Å². The Kier molecular flexibility index (Phi) is 11.8. The summed E-state index contributed by atoms with van der Waals surface area (Å²) in [5, 5.41) is 23.9. The first kappa shape index (κ1) is 27.2. The number of amides is 5. The zero-order valence-corrected chi connectivity index (χ0v) is 16.5. The van der Waals surface area contributed by atoms with Crippen LogP contribution in [0.2, 0.25) is 0 Å². The van der Waals surface area contributed by atoms with E-state index in [0.29, 0.717) is 0 Å². The van der Waals surface area contributed by atoms with Crippen LogP contribution in [0.1, 0.15) is 32.1 Å². The van der Waals surface area contributed by atoms with Gasteiger partial charge in [0.05, 0.1) is 19.0 Å².